The fraction of sp³-hybridized carbons (Fsp3) is 0.737. The zero-order chi connectivity index (χ0) is 19.4. The fourth-order valence-electron chi connectivity index (χ4n) is 3.34. The molecular formula is C19H32IN5O2S. The minimum atomic E-state index is -0.454. The van der Waals surface area contributed by atoms with Crippen LogP contribution >= 0.6 is 35.3 Å². The standard InChI is InChI=1S/C19H31N5O2S.HI/c1-14-13-27-16(22-14)7-5-6-8-20-17-21-11-15-12-23(9-10-24(15)17)18(25)26-19(2,3)4;/h13,15H,5-12H2,1-4H3,(H,20,21);1H. The first-order chi connectivity index (χ1) is 12.8. The minimum Gasteiger partial charge on any atom is -0.444 e. The van der Waals surface area contributed by atoms with Crippen molar-refractivity contribution in [3.05, 3.63) is 16.1 Å². The summed E-state index contributed by atoms with van der Waals surface area (Å²) in [5.74, 6) is 0.980. The second-order valence-corrected chi connectivity index (χ2v) is 9.15. The maximum Gasteiger partial charge on any atom is 0.410 e. The summed E-state index contributed by atoms with van der Waals surface area (Å²) in [6.07, 6.45) is 3.05. The van der Waals surface area contributed by atoms with Crippen molar-refractivity contribution in [2.24, 2.45) is 4.99 Å². The SMILES string of the molecule is Cc1csc(CCCCNC2=NCC3CN(C(=O)OC(C)(C)C)CCN23)n1.I. The number of carbonyl (C=O) groups excluding carboxylic acids is 1. The molecule has 2 aliphatic rings. The van der Waals surface area contributed by atoms with E-state index in [2.05, 4.69) is 25.6 Å². The second kappa shape index (κ2) is 10.1. The van der Waals surface area contributed by atoms with Gasteiger partial charge in [0.25, 0.3) is 0 Å². The van der Waals surface area contributed by atoms with Gasteiger partial charge in [-0.2, -0.15) is 0 Å². The van der Waals surface area contributed by atoms with Crippen molar-refractivity contribution >= 4 is 47.4 Å². The highest BCUT2D eigenvalue weighted by Gasteiger charge is 2.36. The van der Waals surface area contributed by atoms with Crippen LogP contribution in [-0.2, 0) is 11.2 Å². The number of aromatic nitrogens is 1. The first-order valence-electron chi connectivity index (χ1n) is 9.76. The van der Waals surface area contributed by atoms with Crippen molar-refractivity contribution in [3.8, 4) is 0 Å². The maximum atomic E-state index is 12.3. The van der Waals surface area contributed by atoms with Crippen LogP contribution in [0.4, 0.5) is 4.79 Å². The Balaban J connectivity index is 0.00000280. The van der Waals surface area contributed by atoms with Gasteiger partial charge in [0, 0.05) is 37.3 Å². The van der Waals surface area contributed by atoms with Crippen LogP contribution in [0.2, 0.25) is 0 Å². The van der Waals surface area contributed by atoms with Gasteiger partial charge in [0.2, 0.25) is 0 Å². The molecule has 158 valence electrons. The van der Waals surface area contributed by atoms with E-state index in [0.717, 1.165) is 50.6 Å². The van der Waals surface area contributed by atoms with E-state index in [1.165, 1.54) is 5.01 Å². The number of carbonyl (C=O) groups is 1. The van der Waals surface area contributed by atoms with Gasteiger partial charge in [-0.05, 0) is 47.0 Å². The average molecular weight is 521 g/mol. The normalized spacial score (nSPS) is 19.0. The zero-order valence-electron chi connectivity index (χ0n) is 17.2. The Labute approximate surface area is 189 Å². The number of thiazole rings is 1. The smallest absolute Gasteiger partial charge is 0.410 e. The lowest BCUT2D eigenvalue weighted by molar-refractivity contribution is 0.0137. The van der Waals surface area contributed by atoms with Gasteiger partial charge in [-0.3, -0.25) is 4.99 Å². The fourth-order valence-corrected chi connectivity index (χ4v) is 4.16. The Morgan fingerprint density at radius 2 is 2.14 bits per heavy atom. The van der Waals surface area contributed by atoms with E-state index in [9.17, 15) is 4.79 Å². The van der Waals surface area contributed by atoms with Crippen LogP contribution in [0.15, 0.2) is 10.4 Å². The third-order valence-electron chi connectivity index (χ3n) is 4.63. The highest BCUT2D eigenvalue weighted by Crippen LogP contribution is 2.18. The highest BCUT2D eigenvalue weighted by atomic mass is 127. The van der Waals surface area contributed by atoms with Crippen molar-refractivity contribution in [2.75, 3.05) is 32.7 Å². The average Bonchev–Trinajstić information content (AvgIpc) is 3.19. The van der Waals surface area contributed by atoms with E-state index in [4.69, 9.17) is 4.74 Å². The molecule has 1 N–H and O–H groups in total. The summed E-state index contributed by atoms with van der Waals surface area (Å²) in [7, 11) is 0. The molecule has 28 heavy (non-hydrogen) atoms. The molecule has 1 amide bonds. The molecule has 0 radical (unpaired) electrons. The van der Waals surface area contributed by atoms with Gasteiger partial charge in [0.15, 0.2) is 5.96 Å². The Morgan fingerprint density at radius 3 is 2.82 bits per heavy atom. The number of amides is 1. The number of nitrogens with one attached hydrogen (secondary N) is 1. The number of piperazine rings is 1. The van der Waals surface area contributed by atoms with E-state index in [1.54, 1.807) is 16.2 Å². The maximum absolute atomic E-state index is 12.3. The van der Waals surface area contributed by atoms with Gasteiger partial charge < -0.3 is 19.9 Å². The van der Waals surface area contributed by atoms with Gasteiger partial charge >= 0.3 is 6.09 Å². The van der Waals surface area contributed by atoms with Crippen molar-refractivity contribution in [1.29, 1.82) is 0 Å². The van der Waals surface area contributed by atoms with E-state index in [1.807, 2.05) is 27.7 Å². The van der Waals surface area contributed by atoms with E-state index in [0.29, 0.717) is 13.1 Å². The molecule has 1 fully saturated rings. The number of ether oxygens (including phenoxy) is 1. The van der Waals surface area contributed by atoms with Crippen LogP contribution in [0.3, 0.4) is 0 Å². The number of hydrogen-bond donors (Lipinski definition) is 1. The number of aryl methyl sites for hydroxylation is 2. The number of nitrogens with zero attached hydrogens (tertiary/aromatic N) is 4. The summed E-state index contributed by atoms with van der Waals surface area (Å²) >= 11 is 1.75. The lowest BCUT2D eigenvalue weighted by Gasteiger charge is -2.39. The lowest BCUT2D eigenvalue weighted by atomic mass is 10.2. The molecule has 1 unspecified atom stereocenters. The summed E-state index contributed by atoms with van der Waals surface area (Å²) in [6.45, 7) is 11.5. The predicted octanol–water partition coefficient (Wildman–Crippen LogP) is 3.27. The van der Waals surface area contributed by atoms with E-state index < -0.39 is 5.60 Å². The molecule has 0 saturated carbocycles. The lowest BCUT2D eigenvalue weighted by Crippen LogP contribution is -2.57. The Kier molecular flexibility index (Phi) is 8.35. The molecule has 1 aromatic heterocycles. The van der Waals surface area contributed by atoms with E-state index in [-0.39, 0.29) is 36.1 Å². The van der Waals surface area contributed by atoms with Crippen LogP contribution in [-0.4, -0.2) is 71.2 Å². The van der Waals surface area contributed by atoms with Crippen molar-refractivity contribution in [3.63, 3.8) is 0 Å². The quantitative estimate of drug-likeness (QED) is 0.476. The molecule has 0 aliphatic carbocycles. The second-order valence-electron chi connectivity index (χ2n) is 8.20. The number of unbranched alkanes of at least 4 members (excludes halogenated alkanes) is 1. The molecule has 2 aliphatic heterocycles. The summed E-state index contributed by atoms with van der Waals surface area (Å²) in [6, 6.07) is 0.257. The van der Waals surface area contributed by atoms with Gasteiger partial charge in [0.1, 0.15) is 5.60 Å². The highest BCUT2D eigenvalue weighted by molar-refractivity contribution is 14.0. The first-order valence-corrected chi connectivity index (χ1v) is 10.6. The summed E-state index contributed by atoms with van der Waals surface area (Å²) in [4.78, 5) is 25.5. The number of aliphatic imine (C=N–C) groups is 1. The zero-order valence-corrected chi connectivity index (χ0v) is 20.4. The number of hydrogen-bond acceptors (Lipinski definition) is 7. The van der Waals surface area contributed by atoms with Gasteiger partial charge in [-0.1, -0.05) is 0 Å². The van der Waals surface area contributed by atoms with Gasteiger partial charge in [0.05, 0.1) is 17.6 Å². The largest absolute Gasteiger partial charge is 0.444 e. The van der Waals surface area contributed by atoms with Crippen LogP contribution in [0.1, 0.15) is 44.3 Å². The van der Waals surface area contributed by atoms with Crippen LogP contribution in [0.5, 0.6) is 0 Å². The molecule has 9 heteroatoms. The van der Waals surface area contributed by atoms with Crippen molar-refractivity contribution in [2.45, 2.75) is 58.6 Å². The molecule has 1 aromatic rings. The monoisotopic (exact) mass is 521 g/mol. The van der Waals surface area contributed by atoms with Crippen LogP contribution in [0, 0.1) is 6.92 Å². The molecule has 3 rings (SSSR count). The Hall–Kier alpha value is -1.10. The summed E-state index contributed by atoms with van der Waals surface area (Å²) in [5, 5.41) is 6.81. The van der Waals surface area contributed by atoms with Gasteiger partial charge in [-0.25, -0.2) is 9.78 Å². The Bertz CT molecular complexity index is 688. The topological polar surface area (TPSA) is 70.1 Å². The molecule has 3 heterocycles. The van der Waals surface area contributed by atoms with Crippen molar-refractivity contribution in [1.82, 2.24) is 20.1 Å². The minimum absolute atomic E-state index is 0. The molecule has 0 aromatic carbocycles. The van der Waals surface area contributed by atoms with Crippen molar-refractivity contribution < 1.29 is 9.53 Å². The molecule has 1 saturated heterocycles. The van der Waals surface area contributed by atoms with Gasteiger partial charge in [-0.15, -0.1) is 35.3 Å². The van der Waals surface area contributed by atoms with Crippen LogP contribution < -0.4 is 5.32 Å². The predicted molar refractivity (Wildman–Crippen MR) is 124 cm³/mol. The number of guanidine groups is 1. The number of halogens is 1. The van der Waals surface area contributed by atoms with E-state index >= 15 is 0 Å². The Morgan fingerprint density at radius 1 is 1.36 bits per heavy atom. The molecule has 0 spiro atoms. The summed E-state index contributed by atoms with van der Waals surface area (Å²) in [5.41, 5.74) is 0.662. The third kappa shape index (κ3) is 6.47. The summed E-state index contributed by atoms with van der Waals surface area (Å²) < 4.78 is 5.49. The number of rotatable bonds is 5. The molecular weight excluding hydrogens is 489 g/mol. The molecule has 0 bridgehead atoms. The molecule has 7 nitrogen and oxygen atoms in total. The molecule has 1 atom stereocenters. The first kappa shape index (κ1) is 23.2. The number of fused-ring (bicyclic) bond motifs is 1. The van der Waals surface area contributed by atoms with Crippen LogP contribution in [0.25, 0.3) is 0 Å². The third-order valence-corrected chi connectivity index (χ3v) is 5.65.